The quantitative estimate of drug-likeness (QED) is 0.886. The average Bonchev–Trinajstić information content (AvgIpc) is 2.56. The van der Waals surface area contributed by atoms with Crippen molar-refractivity contribution in [3.8, 4) is 0 Å². The van der Waals surface area contributed by atoms with Crippen molar-refractivity contribution in [1.29, 1.82) is 0 Å². The second-order valence-electron chi connectivity index (χ2n) is 5.67. The molecule has 0 amide bonds. The fraction of sp³-hybridized carbons (Fsp3) is 0.786. The van der Waals surface area contributed by atoms with Crippen molar-refractivity contribution in [3.63, 3.8) is 0 Å². The van der Waals surface area contributed by atoms with Gasteiger partial charge in [0.15, 0.2) is 0 Å². The zero-order valence-corrected chi connectivity index (χ0v) is 12.1. The standard InChI is InChI=1S/C14H26N4/c1-10-6-5-7-18(14(10)8-15)9-13-11(2)16-17(4)12(13)3/h10,14H,5-9,15H2,1-4H3. The Balaban J connectivity index is 2.16. The van der Waals surface area contributed by atoms with E-state index in [0.29, 0.717) is 12.0 Å². The van der Waals surface area contributed by atoms with Crippen molar-refractivity contribution >= 4 is 0 Å². The van der Waals surface area contributed by atoms with Gasteiger partial charge < -0.3 is 5.73 Å². The molecule has 18 heavy (non-hydrogen) atoms. The number of likely N-dealkylation sites (tertiary alicyclic amines) is 1. The van der Waals surface area contributed by atoms with Crippen molar-refractivity contribution in [2.45, 2.75) is 46.2 Å². The van der Waals surface area contributed by atoms with E-state index < -0.39 is 0 Å². The minimum atomic E-state index is 0.526. The van der Waals surface area contributed by atoms with E-state index in [2.05, 4.69) is 30.8 Å². The van der Waals surface area contributed by atoms with Crippen LogP contribution in [0.25, 0.3) is 0 Å². The van der Waals surface area contributed by atoms with E-state index in [1.807, 2.05) is 11.7 Å². The van der Waals surface area contributed by atoms with Gasteiger partial charge in [0, 0.05) is 37.4 Å². The molecule has 0 spiro atoms. The topological polar surface area (TPSA) is 47.1 Å². The fourth-order valence-corrected chi connectivity index (χ4v) is 3.16. The number of aromatic nitrogens is 2. The Bertz CT molecular complexity index is 410. The maximum Gasteiger partial charge on any atom is 0.0641 e. The molecule has 1 aliphatic heterocycles. The normalized spacial score (nSPS) is 25.6. The van der Waals surface area contributed by atoms with Gasteiger partial charge in [-0.25, -0.2) is 0 Å². The highest BCUT2D eigenvalue weighted by Crippen LogP contribution is 2.25. The maximum absolute atomic E-state index is 5.96. The first kappa shape index (κ1) is 13.6. The van der Waals surface area contributed by atoms with Gasteiger partial charge in [0.1, 0.15) is 0 Å². The van der Waals surface area contributed by atoms with E-state index in [4.69, 9.17) is 5.73 Å². The minimum Gasteiger partial charge on any atom is -0.329 e. The summed E-state index contributed by atoms with van der Waals surface area (Å²) in [4.78, 5) is 2.55. The summed E-state index contributed by atoms with van der Waals surface area (Å²) in [5.74, 6) is 0.709. The summed E-state index contributed by atoms with van der Waals surface area (Å²) in [5, 5.41) is 4.50. The van der Waals surface area contributed by atoms with Crippen molar-refractivity contribution in [1.82, 2.24) is 14.7 Å². The Morgan fingerprint density at radius 1 is 1.39 bits per heavy atom. The second kappa shape index (κ2) is 5.41. The van der Waals surface area contributed by atoms with E-state index >= 15 is 0 Å². The van der Waals surface area contributed by atoms with E-state index in [9.17, 15) is 0 Å². The highest BCUT2D eigenvalue weighted by molar-refractivity contribution is 5.24. The number of aryl methyl sites for hydroxylation is 2. The average molecular weight is 250 g/mol. The van der Waals surface area contributed by atoms with Gasteiger partial charge in [-0.05, 0) is 39.2 Å². The van der Waals surface area contributed by atoms with Crippen LogP contribution in [0.1, 0.15) is 36.7 Å². The van der Waals surface area contributed by atoms with E-state index in [1.54, 1.807) is 0 Å². The van der Waals surface area contributed by atoms with E-state index in [0.717, 1.165) is 18.8 Å². The molecule has 2 atom stereocenters. The molecule has 1 aliphatic rings. The van der Waals surface area contributed by atoms with E-state index in [1.165, 1.54) is 30.6 Å². The number of rotatable bonds is 3. The summed E-state index contributed by atoms with van der Waals surface area (Å²) >= 11 is 0. The van der Waals surface area contributed by atoms with E-state index in [-0.39, 0.29) is 0 Å². The highest BCUT2D eigenvalue weighted by atomic mass is 15.3. The zero-order valence-electron chi connectivity index (χ0n) is 12.1. The summed E-state index contributed by atoms with van der Waals surface area (Å²) < 4.78 is 1.98. The van der Waals surface area contributed by atoms with Crippen LogP contribution in [-0.4, -0.2) is 33.8 Å². The summed E-state index contributed by atoms with van der Waals surface area (Å²) in [6, 6.07) is 0.526. The summed E-state index contributed by atoms with van der Waals surface area (Å²) in [6.07, 6.45) is 2.60. The molecule has 1 fully saturated rings. The molecular weight excluding hydrogens is 224 g/mol. The van der Waals surface area contributed by atoms with Crippen LogP contribution in [0.4, 0.5) is 0 Å². The first-order valence-electron chi connectivity index (χ1n) is 6.97. The molecule has 2 unspecified atom stereocenters. The SMILES string of the molecule is Cc1nn(C)c(C)c1CN1CCCC(C)C1CN. The van der Waals surface area contributed by atoms with Gasteiger partial charge >= 0.3 is 0 Å². The number of hydrogen-bond acceptors (Lipinski definition) is 3. The van der Waals surface area contributed by atoms with Gasteiger partial charge in [0.2, 0.25) is 0 Å². The smallest absolute Gasteiger partial charge is 0.0641 e. The summed E-state index contributed by atoms with van der Waals surface area (Å²) in [5.41, 5.74) is 9.77. The maximum atomic E-state index is 5.96. The predicted molar refractivity (Wildman–Crippen MR) is 74.3 cm³/mol. The van der Waals surface area contributed by atoms with Crippen molar-refractivity contribution < 1.29 is 0 Å². The summed E-state index contributed by atoms with van der Waals surface area (Å²) in [6.45, 7) is 9.51. The molecule has 0 bridgehead atoms. The lowest BCUT2D eigenvalue weighted by atomic mass is 9.90. The van der Waals surface area contributed by atoms with Crippen LogP contribution in [0, 0.1) is 19.8 Å². The molecule has 1 saturated heterocycles. The fourth-order valence-electron chi connectivity index (χ4n) is 3.16. The molecular formula is C14H26N4. The van der Waals surface area contributed by atoms with Crippen molar-refractivity contribution in [2.75, 3.05) is 13.1 Å². The molecule has 2 N–H and O–H groups in total. The third-order valence-electron chi connectivity index (χ3n) is 4.49. The second-order valence-corrected chi connectivity index (χ2v) is 5.67. The Kier molecular flexibility index (Phi) is 4.07. The first-order valence-corrected chi connectivity index (χ1v) is 6.97. The number of nitrogens with two attached hydrogens (primary N) is 1. The van der Waals surface area contributed by atoms with Crippen LogP contribution < -0.4 is 5.73 Å². The van der Waals surface area contributed by atoms with Gasteiger partial charge in [0.25, 0.3) is 0 Å². The molecule has 0 aliphatic carbocycles. The van der Waals surface area contributed by atoms with Gasteiger partial charge in [-0.1, -0.05) is 6.92 Å². The lowest BCUT2D eigenvalue weighted by Crippen LogP contribution is -2.48. The summed E-state index contributed by atoms with van der Waals surface area (Å²) in [7, 11) is 2.02. The monoisotopic (exact) mass is 250 g/mol. The predicted octanol–water partition coefficient (Wildman–Crippen LogP) is 1.60. The van der Waals surface area contributed by atoms with Gasteiger partial charge in [0.05, 0.1) is 5.69 Å². The molecule has 102 valence electrons. The molecule has 1 aromatic heterocycles. The van der Waals surface area contributed by atoms with Crippen molar-refractivity contribution in [2.24, 2.45) is 18.7 Å². The Morgan fingerprint density at radius 3 is 2.67 bits per heavy atom. The van der Waals surface area contributed by atoms with Crippen LogP contribution in [0.2, 0.25) is 0 Å². The van der Waals surface area contributed by atoms with Crippen LogP contribution in [0.5, 0.6) is 0 Å². The molecule has 4 nitrogen and oxygen atoms in total. The lowest BCUT2D eigenvalue weighted by molar-refractivity contribution is 0.0986. The first-order chi connectivity index (χ1) is 8.54. The van der Waals surface area contributed by atoms with Crippen LogP contribution >= 0.6 is 0 Å². The number of hydrogen-bond donors (Lipinski definition) is 1. The molecule has 2 heterocycles. The Morgan fingerprint density at radius 2 is 2.11 bits per heavy atom. The number of nitrogens with zero attached hydrogens (tertiary/aromatic N) is 3. The molecule has 4 heteroatoms. The highest BCUT2D eigenvalue weighted by Gasteiger charge is 2.28. The Hall–Kier alpha value is -0.870. The van der Waals surface area contributed by atoms with Crippen LogP contribution in [0.15, 0.2) is 0 Å². The Labute approximate surface area is 110 Å². The zero-order chi connectivity index (χ0) is 13.3. The van der Waals surface area contributed by atoms with Crippen LogP contribution in [0.3, 0.4) is 0 Å². The molecule has 0 saturated carbocycles. The molecule has 1 aromatic rings. The lowest BCUT2D eigenvalue weighted by Gasteiger charge is -2.39. The van der Waals surface area contributed by atoms with Crippen molar-refractivity contribution in [3.05, 3.63) is 17.0 Å². The molecule has 0 aromatic carbocycles. The third-order valence-corrected chi connectivity index (χ3v) is 4.49. The van der Waals surface area contributed by atoms with Crippen LogP contribution in [-0.2, 0) is 13.6 Å². The van der Waals surface area contributed by atoms with Gasteiger partial charge in [-0.15, -0.1) is 0 Å². The van der Waals surface area contributed by atoms with Gasteiger partial charge in [-0.2, -0.15) is 5.10 Å². The molecule has 2 rings (SSSR count). The minimum absolute atomic E-state index is 0.526. The largest absolute Gasteiger partial charge is 0.329 e. The molecule has 0 radical (unpaired) electrons. The van der Waals surface area contributed by atoms with Gasteiger partial charge in [-0.3, -0.25) is 9.58 Å². The number of piperidine rings is 1. The third kappa shape index (κ3) is 2.45.